The van der Waals surface area contributed by atoms with Crippen molar-refractivity contribution < 1.29 is 14.0 Å². The van der Waals surface area contributed by atoms with Gasteiger partial charge in [-0.1, -0.05) is 48.5 Å². The summed E-state index contributed by atoms with van der Waals surface area (Å²) in [4.78, 5) is 28.6. The van der Waals surface area contributed by atoms with E-state index in [1.165, 1.54) is 12.5 Å². The summed E-state index contributed by atoms with van der Waals surface area (Å²) in [6, 6.07) is 19.8. The quantitative estimate of drug-likeness (QED) is 0.235. The van der Waals surface area contributed by atoms with E-state index in [0.717, 1.165) is 22.0 Å². The molecule has 0 aliphatic rings. The fourth-order valence-electron chi connectivity index (χ4n) is 3.54. The van der Waals surface area contributed by atoms with Crippen LogP contribution in [0.4, 0.5) is 4.79 Å². The SMILES string of the molecule is O=C(NN=Cc1ccco1)N[C@H](Cc1c[nH]c2ccccc12)C(=O)NCCc1ccccc1. The first-order valence-electron chi connectivity index (χ1n) is 10.7. The van der Waals surface area contributed by atoms with Gasteiger partial charge in [-0.25, -0.2) is 10.2 Å². The highest BCUT2D eigenvalue weighted by molar-refractivity contribution is 5.89. The van der Waals surface area contributed by atoms with E-state index in [1.54, 1.807) is 12.1 Å². The summed E-state index contributed by atoms with van der Waals surface area (Å²) in [7, 11) is 0. The number of hydrogen-bond acceptors (Lipinski definition) is 4. The van der Waals surface area contributed by atoms with E-state index in [0.29, 0.717) is 25.1 Å². The molecule has 0 aliphatic heterocycles. The van der Waals surface area contributed by atoms with Gasteiger partial charge >= 0.3 is 6.03 Å². The van der Waals surface area contributed by atoms with Gasteiger partial charge < -0.3 is 20.0 Å². The van der Waals surface area contributed by atoms with Gasteiger partial charge in [-0.3, -0.25) is 4.79 Å². The maximum atomic E-state index is 13.0. The van der Waals surface area contributed by atoms with Gasteiger partial charge in [-0.05, 0) is 35.7 Å². The number of hydrogen-bond donors (Lipinski definition) is 4. The summed E-state index contributed by atoms with van der Waals surface area (Å²) < 4.78 is 5.14. The lowest BCUT2D eigenvalue weighted by atomic mass is 10.0. The Morgan fingerprint density at radius 2 is 1.85 bits per heavy atom. The highest BCUT2D eigenvalue weighted by atomic mass is 16.3. The van der Waals surface area contributed by atoms with Crippen LogP contribution < -0.4 is 16.1 Å². The van der Waals surface area contributed by atoms with E-state index in [2.05, 4.69) is 26.1 Å². The molecule has 8 nitrogen and oxygen atoms in total. The number of rotatable bonds is 9. The molecule has 4 aromatic rings. The Kier molecular flexibility index (Phi) is 7.17. The minimum Gasteiger partial charge on any atom is -0.463 e. The van der Waals surface area contributed by atoms with Crippen LogP contribution in [0.15, 0.2) is 88.7 Å². The molecule has 3 amide bonds. The number of carbonyl (C=O) groups is 2. The first-order chi connectivity index (χ1) is 16.2. The topological polar surface area (TPSA) is 112 Å². The number of furan rings is 1. The smallest absolute Gasteiger partial charge is 0.335 e. The molecule has 0 radical (unpaired) electrons. The summed E-state index contributed by atoms with van der Waals surface area (Å²) in [5, 5.41) is 10.5. The minimum absolute atomic E-state index is 0.263. The molecule has 0 bridgehead atoms. The van der Waals surface area contributed by atoms with Crippen LogP contribution in [0.25, 0.3) is 10.9 Å². The molecule has 0 saturated carbocycles. The van der Waals surface area contributed by atoms with Gasteiger partial charge in [0.25, 0.3) is 0 Å². The van der Waals surface area contributed by atoms with Gasteiger partial charge in [0.15, 0.2) is 0 Å². The highest BCUT2D eigenvalue weighted by Crippen LogP contribution is 2.19. The van der Waals surface area contributed by atoms with Crippen LogP contribution in [0.3, 0.4) is 0 Å². The number of nitrogens with zero attached hydrogens (tertiary/aromatic N) is 1. The number of aromatic nitrogens is 1. The van der Waals surface area contributed by atoms with E-state index in [1.807, 2.05) is 60.8 Å². The van der Waals surface area contributed by atoms with Crippen LogP contribution in [-0.4, -0.2) is 35.7 Å². The van der Waals surface area contributed by atoms with Crippen LogP contribution in [-0.2, 0) is 17.6 Å². The van der Waals surface area contributed by atoms with Gasteiger partial charge in [-0.2, -0.15) is 5.10 Å². The minimum atomic E-state index is -0.779. The first-order valence-corrected chi connectivity index (χ1v) is 10.7. The molecule has 2 heterocycles. The van der Waals surface area contributed by atoms with Crippen LogP contribution in [0.5, 0.6) is 0 Å². The molecular weight excluding hydrogens is 418 g/mol. The van der Waals surface area contributed by atoms with Crippen molar-refractivity contribution in [1.29, 1.82) is 0 Å². The van der Waals surface area contributed by atoms with Crippen molar-refractivity contribution in [2.24, 2.45) is 5.10 Å². The van der Waals surface area contributed by atoms with Crippen molar-refractivity contribution in [2.45, 2.75) is 18.9 Å². The molecule has 0 saturated heterocycles. The lowest BCUT2D eigenvalue weighted by Gasteiger charge is -2.18. The predicted molar refractivity (Wildman–Crippen MR) is 127 cm³/mol. The lowest BCUT2D eigenvalue weighted by Crippen LogP contribution is -2.50. The number of amides is 3. The molecule has 0 spiro atoms. The average molecular weight is 444 g/mol. The summed E-state index contributed by atoms with van der Waals surface area (Å²) in [5.41, 5.74) is 5.42. The molecule has 168 valence electrons. The van der Waals surface area contributed by atoms with Crippen molar-refractivity contribution in [3.05, 3.63) is 96.1 Å². The Morgan fingerprint density at radius 1 is 1.03 bits per heavy atom. The summed E-state index contributed by atoms with van der Waals surface area (Å²) >= 11 is 0. The number of carbonyl (C=O) groups excluding carboxylic acids is 2. The normalized spacial score (nSPS) is 12.0. The second kappa shape index (κ2) is 10.8. The Balaban J connectivity index is 1.41. The zero-order valence-electron chi connectivity index (χ0n) is 18.0. The molecule has 4 rings (SSSR count). The van der Waals surface area contributed by atoms with Crippen molar-refractivity contribution in [1.82, 2.24) is 21.0 Å². The van der Waals surface area contributed by atoms with Crippen LogP contribution in [0.1, 0.15) is 16.9 Å². The second-order valence-electron chi connectivity index (χ2n) is 7.50. The van der Waals surface area contributed by atoms with Crippen LogP contribution >= 0.6 is 0 Å². The number of nitrogens with one attached hydrogen (secondary N) is 4. The molecule has 1 atom stereocenters. The highest BCUT2D eigenvalue weighted by Gasteiger charge is 2.22. The number of benzene rings is 2. The number of fused-ring (bicyclic) bond motifs is 1. The number of H-pyrrole nitrogens is 1. The van der Waals surface area contributed by atoms with E-state index in [4.69, 9.17) is 4.42 Å². The van der Waals surface area contributed by atoms with Crippen molar-refractivity contribution in [3.8, 4) is 0 Å². The molecule has 2 aromatic carbocycles. The Bertz CT molecular complexity index is 1220. The summed E-state index contributed by atoms with van der Waals surface area (Å²) in [6.45, 7) is 0.465. The third-order valence-electron chi connectivity index (χ3n) is 5.18. The van der Waals surface area contributed by atoms with E-state index in [9.17, 15) is 9.59 Å². The fraction of sp³-hybridized carbons (Fsp3) is 0.160. The average Bonchev–Trinajstić information content (AvgIpc) is 3.50. The maximum absolute atomic E-state index is 13.0. The maximum Gasteiger partial charge on any atom is 0.335 e. The predicted octanol–water partition coefficient (Wildman–Crippen LogP) is 3.36. The van der Waals surface area contributed by atoms with E-state index >= 15 is 0 Å². The van der Waals surface area contributed by atoms with E-state index in [-0.39, 0.29) is 5.91 Å². The van der Waals surface area contributed by atoms with Gasteiger partial charge in [-0.15, -0.1) is 0 Å². The first kappa shape index (κ1) is 21.9. The second-order valence-corrected chi connectivity index (χ2v) is 7.50. The number of para-hydroxylation sites is 1. The van der Waals surface area contributed by atoms with Gasteiger partial charge in [0.05, 0.1) is 12.5 Å². The third-order valence-corrected chi connectivity index (χ3v) is 5.18. The van der Waals surface area contributed by atoms with Crippen LogP contribution in [0, 0.1) is 0 Å². The Morgan fingerprint density at radius 3 is 2.67 bits per heavy atom. The molecule has 0 aliphatic carbocycles. The van der Waals surface area contributed by atoms with Gasteiger partial charge in [0, 0.05) is 30.1 Å². The van der Waals surface area contributed by atoms with Crippen LogP contribution in [0.2, 0.25) is 0 Å². The largest absolute Gasteiger partial charge is 0.463 e. The molecule has 0 unspecified atom stereocenters. The zero-order chi connectivity index (χ0) is 22.9. The van der Waals surface area contributed by atoms with Crippen molar-refractivity contribution >= 4 is 29.1 Å². The van der Waals surface area contributed by atoms with Crippen molar-refractivity contribution in [2.75, 3.05) is 6.54 Å². The molecule has 8 heteroatoms. The van der Waals surface area contributed by atoms with E-state index < -0.39 is 12.1 Å². The lowest BCUT2D eigenvalue weighted by molar-refractivity contribution is -0.122. The molecule has 4 N–H and O–H groups in total. The fourth-order valence-corrected chi connectivity index (χ4v) is 3.54. The number of aromatic amines is 1. The van der Waals surface area contributed by atoms with Gasteiger partial charge in [0.1, 0.15) is 11.8 Å². The third kappa shape index (κ3) is 6.10. The Hall–Kier alpha value is -4.33. The standard InChI is InChI=1S/C25H25N5O3/c31-24(26-13-12-18-7-2-1-3-8-18)23(15-19-16-27-22-11-5-4-10-21(19)22)29-25(32)30-28-17-20-9-6-14-33-20/h1-11,14,16-17,23,27H,12-13,15H2,(H,26,31)(H2,29,30,32)/t23-/m1/s1. The van der Waals surface area contributed by atoms with Crippen molar-refractivity contribution in [3.63, 3.8) is 0 Å². The number of urea groups is 1. The molecular formula is C25H25N5O3. The molecule has 0 fully saturated rings. The summed E-state index contributed by atoms with van der Waals surface area (Å²) in [5.74, 6) is 0.241. The van der Waals surface area contributed by atoms with Gasteiger partial charge in [0.2, 0.25) is 5.91 Å². The summed E-state index contributed by atoms with van der Waals surface area (Å²) in [6.07, 6.45) is 5.79. The molecule has 33 heavy (non-hydrogen) atoms. The zero-order valence-corrected chi connectivity index (χ0v) is 18.0. The Labute approximate surface area is 191 Å². The monoisotopic (exact) mass is 443 g/mol. The number of hydrazone groups is 1. The molecule has 2 aromatic heterocycles.